The molecule has 0 saturated carbocycles. The van der Waals surface area contributed by atoms with E-state index in [1.165, 1.54) is 5.75 Å². The van der Waals surface area contributed by atoms with E-state index < -0.39 is 0 Å². The molecule has 1 atom stereocenters. The lowest BCUT2D eigenvalue weighted by Crippen LogP contribution is -2.30. The number of thioether (sulfide) groups is 1. The quantitative estimate of drug-likeness (QED) is 0.936. The molecule has 1 fully saturated rings. The van der Waals surface area contributed by atoms with Gasteiger partial charge < -0.3 is 14.8 Å². The Kier molecular flexibility index (Phi) is 4.67. The molecule has 1 aliphatic rings. The molecule has 0 aliphatic carbocycles. The van der Waals surface area contributed by atoms with Gasteiger partial charge in [-0.2, -0.15) is 11.8 Å². The van der Waals surface area contributed by atoms with E-state index in [2.05, 4.69) is 10.7 Å². The highest BCUT2D eigenvalue weighted by atomic mass is 32.2. The standard InChI is InChI=1S/C15H18N2O2S2/c1-18-13-4-3-10(7-14(13)19-2)11-9-21-15(17-11)12-8-20-6-5-16-12/h3-4,7,9,12,16H,5-6,8H2,1-2H3. The Morgan fingerprint density at radius 1 is 1.24 bits per heavy atom. The number of benzene rings is 1. The van der Waals surface area contributed by atoms with Crippen molar-refractivity contribution in [1.82, 2.24) is 10.3 Å². The molecule has 1 aromatic heterocycles. The van der Waals surface area contributed by atoms with Gasteiger partial charge in [0, 0.05) is 29.0 Å². The highest BCUT2D eigenvalue weighted by Gasteiger charge is 2.19. The third kappa shape index (κ3) is 3.17. The van der Waals surface area contributed by atoms with Crippen LogP contribution in [0.3, 0.4) is 0 Å². The summed E-state index contributed by atoms with van der Waals surface area (Å²) >= 11 is 3.70. The lowest BCUT2D eigenvalue weighted by molar-refractivity contribution is 0.355. The summed E-state index contributed by atoms with van der Waals surface area (Å²) in [5.74, 6) is 3.75. The minimum atomic E-state index is 0.377. The van der Waals surface area contributed by atoms with Crippen LogP contribution in [0.2, 0.25) is 0 Å². The number of rotatable bonds is 4. The normalized spacial score (nSPS) is 18.5. The van der Waals surface area contributed by atoms with Crippen molar-refractivity contribution in [1.29, 1.82) is 0 Å². The van der Waals surface area contributed by atoms with E-state index in [0.29, 0.717) is 6.04 Å². The molecule has 112 valence electrons. The molecule has 1 aliphatic heterocycles. The van der Waals surface area contributed by atoms with E-state index in [4.69, 9.17) is 14.5 Å². The van der Waals surface area contributed by atoms with Gasteiger partial charge in [0.05, 0.1) is 26.0 Å². The second-order valence-electron chi connectivity index (χ2n) is 4.72. The predicted molar refractivity (Wildman–Crippen MR) is 88.7 cm³/mol. The molecule has 2 heterocycles. The summed E-state index contributed by atoms with van der Waals surface area (Å²) < 4.78 is 10.6. The van der Waals surface area contributed by atoms with Crippen LogP contribution in [0.5, 0.6) is 11.5 Å². The SMILES string of the molecule is COc1ccc(-c2csc(C3CSCCN3)n2)cc1OC. The van der Waals surface area contributed by atoms with Crippen LogP contribution < -0.4 is 14.8 Å². The first kappa shape index (κ1) is 14.7. The van der Waals surface area contributed by atoms with Gasteiger partial charge in [0.1, 0.15) is 5.01 Å². The van der Waals surface area contributed by atoms with Gasteiger partial charge in [-0.1, -0.05) is 0 Å². The molecule has 1 unspecified atom stereocenters. The second-order valence-corrected chi connectivity index (χ2v) is 6.76. The first-order chi connectivity index (χ1) is 10.3. The van der Waals surface area contributed by atoms with Gasteiger partial charge >= 0.3 is 0 Å². The first-order valence-electron chi connectivity index (χ1n) is 6.80. The van der Waals surface area contributed by atoms with Gasteiger partial charge in [-0.25, -0.2) is 4.98 Å². The van der Waals surface area contributed by atoms with Crippen molar-refractivity contribution in [2.45, 2.75) is 6.04 Å². The van der Waals surface area contributed by atoms with Crippen molar-refractivity contribution >= 4 is 23.1 Å². The highest BCUT2D eigenvalue weighted by molar-refractivity contribution is 7.99. The molecule has 6 heteroatoms. The Morgan fingerprint density at radius 3 is 2.81 bits per heavy atom. The van der Waals surface area contributed by atoms with Crippen LogP contribution in [-0.2, 0) is 0 Å². The average Bonchev–Trinajstić information content (AvgIpc) is 3.05. The summed E-state index contributed by atoms with van der Waals surface area (Å²) in [6, 6.07) is 6.29. The molecule has 4 nitrogen and oxygen atoms in total. The Morgan fingerprint density at radius 2 is 2.10 bits per heavy atom. The van der Waals surface area contributed by atoms with Crippen LogP contribution >= 0.6 is 23.1 Å². The fourth-order valence-corrected chi connectivity index (χ4v) is 4.25. The summed E-state index contributed by atoms with van der Waals surface area (Å²) in [6.07, 6.45) is 0. The highest BCUT2D eigenvalue weighted by Crippen LogP contribution is 2.34. The van der Waals surface area contributed by atoms with Crippen LogP contribution in [0.25, 0.3) is 11.3 Å². The lowest BCUT2D eigenvalue weighted by Gasteiger charge is -2.20. The van der Waals surface area contributed by atoms with Gasteiger partial charge in [0.25, 0.3) is 0 Å². The summed E-state index contributed by atoms with van der Waals surface area (Å²) in [4.78, 5) is 4.78. The largest absolute Gasteiger partial charge is 0.493 e. The van der Waals surface area contributed by atoms with E-state index in [-0.39, 0.29) is 0 Å². The maximum Gasteiger partial charge on any atom is 0.161 e. The molecular formula is C15H18N2O2S2. The fraction of sp³-hybridized carbons (Fsp3) is 0.400. The Labute approximate surface area is 132 Å². The maximum atomic E-state index is 5.36. The van der Waals surface area contributed by atoms with E-state index >= 15 is 0 Å². The smallest absolute Gasteiger partial charge is 0.161 e. The fourth-order valence-electron chi connectivity index (χ4n) is 2.30. The van der Waals surface area contributed by atoms with Gasteiger partial charge in [-0.3, -0.25) is 0 Å². The van der Waals surface area contributed by atoms with Crippen molar-refractivity contribution < 1.29 is 9.47 Å². The minimum absolute atomic E-state index is 0.377. The number of aromatic nitrogens is 1. The monoisotopic (exact) mass is 322 g/mol. The number of methoxy groups -OCH3 is 2. The molecule has 0 spiro atoms. The molecule has 0 amide bonds. The van der Waals surface area contributed by atoms with Gasteiger partial charge in [0.2, 0.25) is 0 Å². The van der Waals surface area contributed by atoms with Crippen LogP contribution in [0, 0.1) is 0 Å². The van der Waals surface area contributed by atoms with Crippen molar-refractivity contribution in [3.63, 3.8) is 0 Å². The maximum absolute atomic E-state index is 5.36. The topological polar surface area (TPSA) is 43.4 Å². The van der Waals surface area contributed by atoms with Crippen molar-refractivity contribution in [3.05, 3.63) is 28.6 Å². The molecule has 3 rings (SSSR count). The predicted octanol–water partition coefficient (Wildman–Crippen LogP) is 3.20. The van der Waals surface area contributed by atoms with Crippen LogP contribution in [0.1, 0.15) is 11.0 Å². The van der Waals surface area contributed by atoms with Crippen molar-refractivity contribution in [2.24, 2.45) is 0 Å². The summed E-state index contributed by atoms with van der Waals surface area (Å²) in [7, 11) is 3.29. The van der Waals surface area contributed by atoms with Gasteiger partial charge in [0.15, 0.2) is 11.5 Å². The number of hydrogen-bond donors (Lipinski definition) is 1. The van der Waals surface area contributed by atoms with E-state index in [1.54, 1.807) is 25.6 Å². The first-order valence-corrected chi connectivity index (χ1v) is 8.84. The van der Waals surface area contributed by atoms with Crippen molar-refractivity contribution in [3.8, 4) is 22.8 Å². The van der Waals surface area contributed by atoms with Crippen molar-refractivity contribution in [2.75, 3.05) is 32.3 Å². The number of ether oxygens (including phenoxy) is 2. The molecule has 1 N–H and O–H groups in total. The average molecular weight is 322 g/mol. The third-order valence-corrected chi connectivity index (χ3v) is 5.44. The zero-order valence-electron chi connectivity index (χ0n) is 12.1. The molecule has 1 aromatic carbocycles. The Hall–Kier alpha value is -1.24. The van der Waals surface area contributed by atoms with Crippen LogP contribution in [0.4, 0.5) is 0 Å². The molecule has 2 aromatic rings. The summed E-state index contributed by atoms with van der Waals surface area (Å²) in [5, 5.41) is 6.79. The zero-order chi connectivity index (χ0) is 14.7. The summed E-state index contributed by atoms with van der Waals surface area (Å²) in [6.45, 7) is 1.06. The number of thiazole rings is 1. The van der Waals surface area contributed by atoms with E-state index in [1.807, 2.05) is 30.0 Å². The number of nitrogens with one attached hydrogen (secondary N) is 1. The lowest BCUT2D eigenvalue weighted by atomic mass is 10.1. The second kappa shape index (κ2) is 6.68. The Balaban J connectivity index is 1.85. The third-order valence-electron chi connectivity index (χ3n) is 3.42. The number of nitrogens with zero attached hydrogens (tertiary/aromatic N) is 1. The van der Waals surface area contributed by atoms with E-state index in [9.17, 15) is 0 Å². The van der Waals surface area contributed by atoms with Crippen LogP contribution in [0.15, 0.2) is 23.6 Å². The molecule has 21 heavy (non-hydrogen) atoms. The number of hydrogen-bond acceptors (Lipinski definition) is 6. The van der Waals surface area contributed by atoms with Crippen LogP contribution in [-0.4, -0.2) is 37.3 Å². The van der Waals surface area contributed by atoms with Gasteiger partial charge in [-0.15, -0.1) is 11.3 Å². The molecule has 0 radical (unpaired) electrons. The molecule has 0 bridgehead atoms. The minimum Gasteiger partial charge on any atom is -0.493 e. The zero-order valence-corrected chi connectivity index (χ0v) is 13.7. The van der Waals surface area contributed by atoms with Gasteiger partial charge in [-0.05, 0) is 18.2 Å². The summed E-state index contributed by atoms with van der Waals surface area (Å²) in [5.41, 5.74) is 2.05. The Bertz CT molecular complexity index is 609. The molecule has 1 saturated heterocycles. The molecular weight excluding hydrogens is 304 g/mol. The van der Waals surface area contributed by atoms with E-state index in [0.717, 1.165) is 40.1 Å².